The van der Waals surface area contributed by atoms with Crippen molar-refractivity contribution in [1.29, 1.82) is 0 Å². The maximum absolute atomic E-state index is 11.9. The van der Waals surface area contributed by atoms with Gasteiger partial charge >= 0.3 is 5.97 Å². The Morgan fingerprint density at radius 1 is 1.04 bits per heavy atom. The van der Waals surface area contributed by atoms with Crippen LogP contribution in [-0.2, 0) is 20.8 Å². The number of hydrogen-bond acceptors (Lipinski definition) is 3. The Hall–Kier alpha value is -2.37. The van der Waals surface area contributed by atoms with Gasteiger partial charge in [-0.25, -0.2) is 4.79 Å². The zero-order chi connectivity index (χ0) is 19.0. The van der Waals surface area contributed by atoms with E-state index >= 15 is 0 Å². The summed E-state index contributed by atoms with van der Waals surface area (Å²) < 4.78 is 0. The van der Waals surface area contributed by atoms with Crippen LogP contribution in [0.15, 0.2) is 18.2 Å². The van der Waals surface area contributed by atoms with Gasteiger partial charge in [0.2, 0.25) is 11.8 Å². The lowest BCUT2D eigenvalue weighted by Gasteiger charge is -2.16. The maximum Gasteiger partial charge on any atom is 0.326 e. The third-order valence-electron chi connectivity index (χ3n) is 3.71. The predicted octanol–water partition coefficient (Wildman–Crippen LogP) is 1.97. The number of carboxylic acid groups (broad SMARTS) is 1. The highest BCUT2D eigenvalue weighted by atomic mass is 16.4. The Kier molecular flexibility index (Phi) is 8.11. The molecule has 0 saturated carbocycles. The van der Waals surface area contributed by atoms with Crippen molar-refractivity contribution < 1.29 is 19.5 Å². The van der Waals surface area contributed by atoms with Crippen molar-refractivity contribution >= 4 is 17.8 Å². The van der Waals surface area contributed by atoms with Crippen LogP contribution in [0.3, 0.4) is 0 Å². The summed E-state index contributed by atoms with van der Waals surface area (Å²) in [6.07, 6.45) is 1.23. The van der Waals surface area contributed by atoms with E-state index in [-0.39, 0.29) is 24.8 Å². The molecular weight excluding hydrogens is 320 g/mol. The summed E-state index contributed by atoms with van der Waals surface area (Å²) in [7, 11) is 0. The molecule has 0 aliphatic carbocycles. The van der Waals surface area contributed by atoms with Gasteiger partial charge in [-0.3, -0.25) is 9.59 Å². The van der Waals surface area contributed by atoms with Gasteiger partial charge in [0.15, 0.2) is 0 Å². The number of carbonyl (C=O) groups excluding carboxylic acids is 2. The average molecular weight is 348 g/mol. The molecule has 0 saturated heterocycles. The molecule has 1 aromatic rings. The molecule has 0 aliphatic heterocycles. The van der Waals surface area contributed by atoms with Crippen molar-refractivity contribution in [3.8, 4) is 0 Å². The van der Waals surface area contributed by atoms with Gasteiger partial charge in [-0.2, -0.15) is 0 Å². The van der Waals surface area contributed by atoms with Crippen molar-refractivity contribution in [1.82, 2.24) is 10.6 Å². The minimum Gasteiger partial charge on any atom is -0.480 e. The number of carbonyl (C=O) groups is 3. The Morgan fingerprint density at radius 3 is 2.16 bits per heavy atom. The van der Waals surface area contributed by atoms with Gasteiger partial charge in [0.05, 0.1) is 6.54 Å². The first kappa shape index (κ1) is 20.7. The molecule has 1 atom stereocenters. The quantitative estimate of drug-likeness (QED) is 0.636. The van der Waals surface area contributed by atoms with Gasteiger partial charge in [0.1, 0.15) is 6.04 Å². The Morgan fingerprint density at radius 2 is 1.64 bits per heavy atom. The molecule has 0 aromatic heterocycles. The van der Waals surface area contributed by atoms with Crippen LogP contribution in [-0.4, -0.2) is 35.5 Å². The smallest absolute Gasteiger partial charge is 0.326 e. The van der Waals surface area contributed by atoms with E-state index in [1.54, 1.807) is 0 Å². The van der Waals surface area contributed by atoms with Gasteiger partial charge in [-0.05, 0) is 38.2 Å². The van der Waals surface area contributed by atoms with Crippen molar-refractivity contribution in [3.05, 3.63) is 34.9 Å². The molecule has 138 valence electrons. The molecular formula is C19H28N2O4. The normalized spacial score (nSPS) is 11.9. The number of amides is 2. The number of nitrogens with one attached hydrogen (secondary N) is 2. The minimum atomic E-state index is -1.07. The molecule has 0 radical (unpaired) electrons. The van der Waals surface area contributed by atoms with Crippen LogP contribution in [0, 0.1) is 19.8 Å². The SMILES string of the molecule is Cc1cc(C)cc(CCC(=O)NCC(=O)N[C@@H](CC(C)C)C(=O)O)c1. The van der Waals surface area contributed by atoms with Crippen molar-refractivity contribution in [2.45, 2.75) is 53.0 Å². The lowest BCUT2D eigenvalue weighted by atomic mass is 10.0. The molecule has 1 rings (SSSR count). The number of aryl methyl sites for hydroxylation is 3. The second-order valence-corrected chi connectivity index (χ2v) is 6.86. The fraction of sp³-hybridized carbons (Fsp3) is 0.526. The second-order valence-electron chi connectivity index (χ2n) is 6.86. The summed E-state index contributed by atoms with van der Waals surface area (Å²) in [5.74, 6) is -1.64. The standard InChI is InChI=1S/C19H28N2O4/c1-12(2)7-16(19(24)25)21-18(23)11-20-17(22)6-5-15-9-13(3)8-14(4)10-15/h8-10,12,16H,5-7,11H2,1-4H3,(H,20,22)(H,21,23)(H,24,25)/t16-/m0/s1. The number of aliphatic carboxylic acids is 1. The third kappa shape index (κ3) is 8.33. The molecule has 25 heavy (non-hydrogen) atoms. The van der Waals surface area contributed by atoms with E-state index in [1.807, 2.05) is 39.8 Å². The zero-order valence-electron chi connectivity index (χ0n) is 15.4. The maximum atomic E-state index is 11.9. The van der Waals surface area contributed by atoms with E-state index in [2.05, 4.69) is 16.7 Å². The largest absolute Gasteiger partial charge is 0.480 e. The fourth-order valence-corrected chi connectivity index (χ4v) is 2.68. The average Bonchev–Trinajstić information content (AvgIpc) is 2.48. The molecule has 0 fully saturated rings. The number of benzene rings is 1. The summed E-state index contributed by atoms with van der Waals surface area (Å²) in [4.78, 5) is 34.8. The molecule has 0 unspecified atom stereocenters. The van der Waals surface area contributed by atoms with E-state index in [1.165, 1.54) is 0 Å². The van der Waals surface area contributed by atoms with E-state index < -0.39 is 17.9 Å². The molecule has 6 heteroatoms. The third-order valence-corrected chi connectivity index (χ3v) is 3.71. The lowest BCUT2D eigenvalue weighted by molar-refractivity contribution is -0.142. The van der Waals surface area contributed by atoms with Gasteiger partial charge in [-0.15, -0.1) is 0 Å². The van der Waals surface area contributed by atoms with Crippen LogP contribution in [0.4, 0.5) is 0 Å². The van der Waals surface area contributed by atoms with Gasteiger partial charge in [0.25, 0.3) is 0 Å². The molecule has 1 aromatic carbocycles. The van der Waals surface area contributed by atoms with E-state index in [0.29, 0.717) is 12.8 Å². The predicted molar refractivity (Wildman–Crippen MR) is 96.3 cm³/mol. The first-order valence-electron chi connectivity index (χ1n) is 8.53. The summed E-state index contributed by atoms with van der Waals surface area (Å²) >= 11 is 0. The molecule has 3 N–H and O–H groups in total. The molecule has 2 amide bonds. The van der Waals surface area contributed by atoms with Crippen LogP contribution in [0.25, 0.3) is 0 Å². The Bertz CT molecular complexity index is 606. The summed E-state index contributed by atoms with van der Waals surface area (Å²) in [5, 5.41) is 14.1. The second kappa shape index (κ2) is 9.81. The van der Waals surface area contributed by atoms with Gasteiger partial charge < -0.3 is 15.7 Å². The molecule has 0 heterocycles. The summed E-state index contributed by atoms with van der Waals surface area (Å²) in [5.41, 5.74) is 3.39. The van der Waals surface area contributed by atoms with Crippen LogP contribution in [0.5, 0.6) is 0 Å². The minimum absolute atomic E-state index is 0.147. The first-order valence-corrected chi connectivity index (χ1v) is 8.53. The van der Waals surface area contributed by atoms with Gasteiger partial charge in [0, 0.05) is 6.42 Å². The number of hydrogen-bond donors (Lipinski definition) is 3. The van der Waals surface area contributed by atoms with Crippen LogP contribution < -0.4 is 10.6 Å². The van der Waals surface area contributed by atoms with Crippen molar-refractivity contribution in [2.24, 2.45) is 5.92 Å². The molecule has 0 aliphatic rings. The fourth-order valence-electron chi connectivity index (χ4n) is 2.68. The summed E-state index contributed by atoms with van der Waals surface area (Å²) in [6.45, 7) is 7.58. The van der Waals surface area contributed by atoms with E-state index in [0.717, 1.165) is 16.7 Å². The van der Waals surface area contributed by atoms with Crippen molar-refractivity contribution in [2.75, 3.05) is 6.54 Å². The molecule has 0 bridgehead atoms. The van der Waals surface area contributed by atoms with Crippen molar-refractivity contribution in [3.63, 3.8) is 0 Å². The van der Waals surface area contributed by atoms with Crippen LogP contribution >= 0.6 is 0 Å². The Labute approximate surface area is 149 Å². The first-order chi connectivity index (χ1) is 11.7. The lowest BCUT2D eigenvalue weighted by Crippen LogP contribution is -2.46. The van der Waals surface area contributed by atoms with Gasteiger partial charge in [-0.1, -0.05) is 43.2 Å². The highest BCUT2D eigenvalue weighted by molar-refractivity contribution is 5.87. The zero-order valence-corrected chi connectivity index (χ0v) is 15.4. The molecule has 6 nitrogen and oxygen atoms in total. The van der Waals surface area contributed by atoms with Crippen LogP contribution in [0.1, 0.15) is 43.4 Å². The number of rotatable bonds is 9. The summed E-state index contributed by atoms with van der Waals surface area (Å²) in [6, 6.07) is 5.22. The number of carboxylic acids is 1. The molecule has 0 spiro atoms. The van der Waals surface area contributed by atoms with E-state index in [9.17, 15) is 14.4 Å². The van der Waals surface area contributed by atoms with Crippen LogP contribution in [0.2, 0.25) is 0 Å². The monoisotopic (exact) mass is 348 g/mol. The Balaban J connectivity index is 2.39. The topological polar surface area (TPSA) is 95.5 Å². The highest BCUT2D eigenvalue weighted by Gasteiger charge is 2.21. The van der Waals surface area contributed by atoms with E-state index in [4.69, 9.17) is 5.11 Å². The highest BCUT2D eigenvalue weighted by Crippen LogP contribution is 2.10.